The molecule has 1 atom stereocenters. The molecule has 1 aliphatic heterocycles. The molecule has 0 saturated heterocycles. The summed E-state index contributed by atoms with van der Waals surface area (Å²) in [5.41, 5.74) is 1.45. The van der Waals surface area contributed by atoms with Gasteiger partial charge in [-0.3, -0.25) is 4.79 Å². The molecule has 2 aromatic carbocycles. The zero-order valence-corrected chi connectivity index (χ0v) is 12.2. The van der Waals surface area contributed by atoms with Crippen molar-refractivity contribution in [3.05, 3.63) is 58.4 Å². The van der Waals surface area contributed by atoms with E-state index in [4.69, 9.17) is 27.9 Å². The lowest BCUT2D eigenvalue weighted by Crippen LogP contribution is -2.25. The van der Waals surface area contributed by atoms with Crippen LogP contribution in [0.1, 0.15) is 16.5 Å². The second kappa shape index (κ2) is 5.54. The molecule has 108 valence electrons. The molecule has 3 nitrogen and oxygen atoms in total. The Balaban J connectivity index is 1.98. The largest absolute Gasteiger partial charge is 0.482 e. The van der Waals surface area contributed by atoms with Crippen molar-refractivity contribution in [3.63, 3.8) is 0 Å². The molecule has 21 heavy (non-hydrogen) atoms. The van der Waals surface area contributed by atoms with Crippen LogP contribution in [0.5, 0.6) is 5.75 Å². The molecule has 1 heterocycles. The lowest BCUT2D eigenvalue weighted by Gasteiger charge is -2.20. The van der Waals surface area contributed by atoms with E-state index in [1.54, 1.807) is 18.2 Å². The Hall–Kier alpha value is -1.78. The first-order valence-corrected chi connectivity index (χ1v) is 7.01. The maximum Gasteiger partial charge on any atom is 0.262 e. The summed E-state index contributed by atoms with van der Waals surface area (Å²) >= 11 is 12.2. The normalized spacial score (nSPS) is 14.9. The van der Waals surface area contributed by atoms with Gasteiger partial charge >= 0.3 is 0 Å². The van der Waals surface area contributed by atoms with Crippen LogP contribution < -0.4 is 10.1 Å². The molecule has 1 unspecified atom stereocenters. The topological polar surface area (TPSA) is 38.3 Å². The summed E-state index contributed by atoms with van der Waals surface area (Å²) in [4.78, 5) is 11.3. The molecular weight excluding hydrogens is 316 g/mol. The number of benzene rings is 2. The molecule has 1 aliphatic rings. The van der Waals surface area contributed by atoms with Gasteiger partial charge in [-0.05, 0) is 35.9 Å². The monoisotopic (exact) mass is 325 g/mol. The fourth-order valence-corrected chi connectivity index (χ4v) is 2.63. The lowest BCUT2D eigenvalue weighted by molar-refractivity contribution is -0.118. The van der Waals surface area contributed by atoms with E-state index in [2.05, 4.69) is 5.32 Å². The molecule has 2 aromatic rings. The first-order chi connectivity index (χ1) is 10.0. The molecule has 0 spiro atoms. The van der Waals surface area contributed by atoms with Gasteiger partial charge in [-0.15, -0.1) is 11.6 Å². The lowest BCUT2D eigenvalue weighted by atomic mass is 10.0. The van der Waals surface area contributed by atoms with Crippen LogP contribution in [0.15, 0.2) is 36.4 Å². The van der Waals surface area contributed by atoms with E-state index in [-0.39, 0.29) is 18.1 Å². The molecule has 3 rings (SSSR count). The summed E-state index contributed by atoms with van der Waals surface area (Å²) in [6, 6.07) is 9.32. The number of hydrogen-bond donors (Lipinski definition) is 1. The summed E-state index contributed by atoms with van der Waals surface area (Å²) < 4.78 is 19.1. The van der Waals surface area contributed by atoms with Crippen molar-refractivity contribution < 1.29 is 13.9 Å². The number of hydrogen-bond acceptors (Lipinski definition) is 2. The van der Waals surface area contributed by atoms with Gasteiger partial charge in [-0.25, -0.2) is 4.39 Å². The molecule has 0 bridgehead atoms. The van der Waals surface area contributed by atoms with Crippen LogP contribution in [0, 0.1) is 5.82 Å². The summed E-state index contributed by atoms with van der Waals surface area (Å²) in [6.45, 7) is -0.0143. The highest BCUT2D eigenvalue weighted by Crippen LogP contribution is 2.37. The van der Waals surface area contributed by atoms with Gasteiger partial charge in [0.05, 0.1) is 11.1 Å². The van der Waals surface area contributed by atoms with E-state index in [0.717, 1.165) is 0 Å². The predicted octanol–water partition coefficient (Wildman–Crippen LogP) is 4.14. The SMILES string of the molecule is O=C1COc2ccc(C(Cl)c3cc(Cl)ccc3F)cc2N1. The van der Waals surface area contributed by atoms with E-state index in [1.807, 2.05) is 0 Å². The van der Waals surface area contributed by atoms with Gasteiger partial charge in [0, 0.05) is 10.6 Å². The van der Waals surface area contributed by atoms with Gasteiger partial charge in [0.1, 0.15) is 11.6 Å². The Morgan fingerprint density at radius 2 is 2.05 bits per heavy atom. The van der Waals surface area contributed by atoms with Crippen molar-refractivity contribution in [2.45, 2.75) is 5.38 Å². The number of rotatable bonds is 2. The maximum absolute atomic E-state index is 13.9. The Morgan fingerprint density at radius 3 is 2.86 bits per heavy atom. The fraction of sp³-hybridized carbons (Fsp3) is 0.133. The summed E-state index contributed by atoms with van der Waals surface area (Å²) in [7, 11) is 0. The number of carbonyl (C=O) groups excluding carboxylic acids is 1. The minimum Gasteiger partial charge on any atom is -0.482 e. The van der Waals surface area contributed by atoms with Crippen molar-refractivity contribution in [1.29, 1.82) is 0 Å². The van der Waals surface area contributed by atoms with Crippen molar-refractivity contribution in [1.82, 2.24) is 0 Å². The van der Waals surface area contributed by atoms with Crippen LogP contribution in [0.25, 0.3) is 0 Å². The van der Waals surface area contributed by atoms with Crippen LogP contribution >= 0.6 is 23.2 Å². The molecule has 0 fully saturated rings. The van der Waals surface area contributed by atoms with Crippen LogP contribution in [0.3, 0.4) is 0 Å². The molecular formula is C15H10Cl2FNO2. The molecule has 1 N–H and O–H groups in total. The zero-order chi connectivity index (χ0) is 15.0. The average Bonchev–Trinajstić information content (AvgIpc) is 2.48. The van der Waals surface area contributed by atoms with Gasteiger partial charge in [0.15, 0.2) is 6.61 Å². The minimum absolute atomic E-state index is 0.0143. The van der Waals surface area contributed by atoms with E-state index in [9.17, 15) is 9.18 Å². The highest BCUT2D eigenvalue weighted by Gasteiger charge is 2.20. The zero-order valence-electron chi connectivity index (χ0n) is 10.7. The Morgan fingerprint density at radius 1 is 1.24 bits per heavy atom. The number of alkyl halides is 1. The first-order valence-electron chi connectivity index (χ1n) is 6.20. The van der Waals surface area contributed by atoms with Crippen LogP contribution in [0.2, 0.25) is 5.02 Å². The molecule has 1 amide bonds. The highest BCUT2D eigenvalue weighted by molar-refractivity contribution is 6.31. The van der Waals surface area contributed by atoms with Gasteiger partial charge < -0.3 is 10.1 Å². The molecule has 0 saturated carbocycles. The number of carbonyl (C=O) groups is 1. The van der Waals surface area contributed by atoms with Crippen LogP contribution in [-0.4, -0.2) is 12.5 Å². The number of nitrogens with one attached hydrogen (secondary N) is 1. The summed E-state index contributed by atoms with van der Waals surface area (Å²) in [5.74, 6) is -0.106. The van der Waals surface area contributed by atoms with Gasteiger partial charge in [0.25, 0.3) is 5.91 Å². The van der Waals surface area contributed by atoms with Gasteiger partial charge in [-0.1, -0.05) is 17.7 Å². The second-order valence-corrected chi connectivity index (χ2v) is 5.49. The van der Waals surface area contributed by atoms with Crippen molar-refractivity contribution in [2.24, 2.45) is 0 Å². The van der Waals surface area contributed by atoms with Crippen LogP contribution in [-0.2, 0) is 4.79 Å². The third kappa shape index (κ3) is 2.82. The van der Waals surface area contributed by atoms with E-state index >= 15 is 0 Å². The number of fused-ring (bicyclic) bond motifs is 1. The minimum atomic E-state index is -0.715. The van der Waals surface area contributed by atoms with Crippen molar-refractivity contribution >= 4 is 34.8 Å². The Labute approximate surface area is 130 Å². The molecule has 0 aliphatic carbocycles. The number of ether oxygens (including phenoxy) is 1. The van der Waals surface area contributed by atoms with E-state index in [1.165, 1.54) is 18.2 Å². The third-order valence-corrected chi connectivity index (χ3v) is 3.88. The predicted molar refractivity (Wildman–Crippen MR) is 79.7 cm³/mol. The fourth-order valence-electron chi connectivity index (χ4n) is 2.15. The second-order valence-electron chi connectivity index (χ2n) is 4.62. The Bertz CT molecular complexity index is 721. The molecule has 0 radical (unpaired) electrons. The Kier molecular flexibility index (Phi) is 3.74. The maximum atomic E-state index is 13.9. The first kappa shape index (κ1) is 14.2. The van der Waals surface area contributed by atoms with Gasteiger partial charge in [-0.2, -0.15) is 0 Å². The number of halogens is 3. The van der Waals surface area contributed by atoms with Crippen LogP contribution in [0.4, 0.5) is 10.1 Å². The quantitative estimate of drug-likeness (QED) is 0.843. The number of amides is 1. The summed E-state index contributed by atoms with van der Waals surface area (Å²) in [6.07, 6.45) is 0. The van der Waals surface area contributed by atoms with Gasteiger partial charge in [0.2, 0.25) is 0 Å². The van der Waals surface area contributed by atoms with E-state index < -0.39 is 11.2 Å². The van der Waals surface area contributed by atoms with Crippen molar-refractivity contribution in [3.8, 4) is 5.75 Å². The third-order valence-electron chi connectivity index (χ3n) is 3.16. The summed E-state index contributed by atoms with van der Waals surface area (Å²) in [5, 5.41) is 2.38. The van der Waals surface area contributed by atoms with Crippen molar-refractivity contribution in [2.75, 3.05) is 11.9 Å². The smallest absolute Gasteiger partial charge is 0.262 e. The number of anilines is 1. The molecule has 6 heteroatoms. The molecule has 0 aromatic heterocycles. The van der Waals surface area contributed by atoms with E-state index in [0.29, 0.717) is 22.0 Å². The highest BCUT2D eigenvalue weighted by atomic mass is 35.5. The standard InChI is InChI=1S/C15H10Cl2FNO2/c16-9-2-3-11(18)10(6-9)15(17)8-1-4-13-12(5-8)19-14(20)7-21-13/h1-6,15H,7H2,(H,19,20). The average molecular weight is 326 g/mol.